The SMILES string of the molecule is CCc1cc(CC)c(C(=O)OC(=O)c2c(CC)cc(CC)cc2CC)c(CC)c1. The Kier molecular flexibility index (Phi) is 8.19. The molecular weight excluding hydrogens is 360 g/mol. The van der Waals surface area contributed by atoms with Gasteiger partial charge in [0, 0.05) is 0 Å². The lowest BCUT2D eigenvalue weighted by Gasteiger charge is -2.16. The average Bonchev–Trinajstić information content (AvgIpc) is 2.76. The Balaban J connectivity index is 2.46. The van der Waals surface area contributed by atoms with Gasteiger partial charge < -0.3 is 4.74 Å². The molecule has 0 radical (unpaired) electrons. The van der Waals surface area contributed by atoms with Crippen molar-refractivity contribution < 1.29 is 14.3 Å². The minimum Gasteiger partial charge on any atom is -0.386 e. The topological polar surface area (TPSA) is 43.4 Å². The number of ether oxygens (including phenoxy) is 1. The van der Waals surface area contributed by atoms with Crippen LogP contribution in [0.15, 0.2) is 24.3 Å². The molecule has 0 N–H and O–H groups in total. The van der Waals surface area contributed by atoms with Crippen molar-refractivity contribution in [3.8, 4) is 0 Å². The second-order valence-corrected chi connectivity index (χ2v) is 7.38. The zero-order chi connectivity index (χ0) is 21.6. The first kappa shape index (κ1) is 22.9. The van der Waals surface area contributed by atoms with Gasteiger partial charge >= 0.3 is 11.9 Å². The van der Waals surface area contributed by atoms with Crippen molar-refractivity contribution >= 4 is 11.9 Å². The Morgan fingerprint density at radius 1 is 0.552 bits per heavy atom. The second kappa shape index (κ2) is 10.4. The van der Waals surface area contributed by atoms with E-state index < -0.39 is 11.9 Å². The van der Waals surface area contributed by atoms with Crippen LogP contribution in [0.1, 0.15) is 95.6 Å². The van der Waals surface area contributed by atoms with Gasteiger partial charge in [0.05, 0.1) is 11.1 Å². The van der Waals surface area contributed by atoms with Crippen molar-refractivity contribution in [1.82, 2.24) is 0 Å². The number of hydrogen-bond acceptors (Lipinski definition) is 3. The van der Waals surface area contributed by atoms with E-state index in [2.05, 4.69) is 38.1 Å². The van der Waals surface area contributed by atoms with Crippen molar-refractivity contribution in [1.29, 1.82) is 0 Å². The van der Waals surface area contributed by atoms with Crippen LogP contribution in [0, 0.1) is 0 Å². The highest BCUT2D eigenvalue weighted by atomic mass is 16.6. The quantitative estimate of drug-likeness (QED) is 0.404. The van der Waals surface area contributed by atoms with Crippen LogP contribution in [-0.2, 0) is 43.3 Å². The van der Waals surface area contributed by atoms with Gasteiger partial charge in [-0.15, -0.1) is 0 Å². The molecule has 0 saturated heterocycles. The van der Waals surface area contributed by atoms with E-state index in [1.54, 1.807) is 0 Å². The van der Waals surface area contributed by atoms with Gasteiger partial charge in [-0.05, 0) is 71.9 Å². The molecule has 156 valence electrons. The third kappa shape index (κ3) is 4.95. The fraction of sp³-hybridized carbons (Fsp3) is 0.462. The Morgan fingerprint density at radius 3 is 1.03 bits per heavy atom. The number of esters is 2. The minimum atomic E-state index is -0.532. The van der Waals surface area contributed by atoms with E-state index >= 15 is 0 Å². The molecule has 2 aromatic rings. The molecule has 0 amide bonds. The van der Waals surface area contributed by atoms with Crippen LogP contribution in [0.4, 0.5) is 0 Å². The number of benzene rings is 2. The molecule has 2 aromatic carbocycles. The van der Waals surface area contributed by atoms with Crippen LogP contribution >= 0.6 is 0 Å². The van der Waals surface area contributed by atoms with Crippen molar-refractivity contribution in [2.75, 3.05) is 0 Å². The molecule has 2 rings (SSSR count). The number of carbonyl (C=O) groups excluding carboxylic acids is 2. The lowest BCUT2D eigenvalue weighted by molar-refractivity contribution is 0.0395. The highest BCUT2D eigenvalue weighted by Crippen LogP contribution is 2.24. The summed E-state index contributed by atoms with van der Waals surface area (Å²) in [7, 11) is 0. The lowest BCUT2D eigenvalue weighted by atomic mass is 9.93. The van der Waals surface area contributed by atoms with Crippen LogP contribution in [-0.4, -0.2) is 11.9 Å². The van der Waals surface area contributed by atoms with Crippen LogP contribution < -0.4 is 0 Å². The molecule has 0 aliphatic heterocycles. The average molecular weight is 395 g/mol. The first-order chi connectivity index (χ1) is 13.9. The normalized spacial score (nSPS) is 10.8. The maximum atomic E-state index is 13.1. The Bertz CT molecular complexity index is 769. The molecular formula is C26H34O3. The van der Waals surface area contributed by atoms with E-state index in [4.69, 9.17) is 4.74 Å². The molecule has 0 saturated carbocycles. The third-order valence-corrected chi connectivity index (χ3v) is 5.66. The van der Waals surface area contributed by atoms with Gasteiger partial charge in [0.25, 0.3) is 0 Å². The van der Waals surface area contributed by atoms with Gasteiger partial charge in [0.2, 0.25) is 0 Å². The molecule has 0 aliphatic rings. The summed E-state index contributed by atoms with van der Waals surface area (Å²) in [5.74, 6) is -1.06. The van der Waals surface area contributed by atoms with Crippen molar-refractivity contribution in [2.45, 2.75) is 80.1 Å². The molecule has 29 heavy (non-hydrogen) atoms. The third-order valence-electron chi connectivity index (χ3n) is 5.66. The van der Waals surface area contributed by atoms with Gasteiger partial charge in [0.1, 0.15) is 0 Å². The number of aryl methyl sites for hydroxylation is 6. The summed E-state index contributed by atoms with van der Waals surface area (Å²) >= 11 is 0. The fourth-order valence-corrected chi connectivity index (χ4v) is 3.91. The van der Waals surface area contributed by atoms with Gasteiger partial charge in [0.15, 0.2) is 0 Å². The van der Waals surface area contributed by atoms with Gasteiger partial charge in [-0.25, -0.2) is 9.59 Å². The summed E-state index contributed by atoms with van der Waals surface area (Å²) in [6.45, 7) is 12.3. The number of rotatable bonds is 8. The lowest BCUT2D eigenvalue weighted by Crippen LogP contribution is -2.19. The Labute approximate surface area is 175 Å². The molecule has 0 atom stereocenters. The molecule has 0 spiro atoms. The minimum absolute atomic E-state index is 0.532. The number of carbonyl (C=O) groups is 2. The van der Waals surface area contributed by atoms with Crippen LogP contribution in [0.2, 0.25) is 0 Å². The standard InChI is InChI=1S/C26H34O3/c1-7-17-13-19(9-3)23(20(10-4)14-17)25(27)29-26(28)24-21(11-5)15-18(8-2)16-22(24)12-6/h13-16H,7-12H2,1-6H3. The van der Waals surface area contributed by atoms with Gasteiger partial charge in [-0.2, -0.15) is 0 Å². The summed E-state index contributed by atoms with van der Waals surface area (Å²) in [5, 5.41) is 0. The zero-order valence-electron chi connectivity index (χ0n) is 18.8. The predicted molar refractivity (Wildman–Crippen MR) is 119 cm³/mol. The molecule has 0 heterocycles. The molecule has 3 nitrogen and oxygen atoms in total. The summed E-state index contributed by atoms with van der Waals surface area (Å²) < 4.78 is 5.46. The molecule has 0 bridgehead atoms. The predicted octanol–water partition coefficient (Wildman–Crippen LogP) is 6.06. The number of hydrogen-bond donors (Lipinski definition) is 0. The molecule has 0 aliphatic carbocycles. The van der Waals surface area contributed by atoms with Crippen molar-refractivity contribution in [2.24, 2.45) is 0 Å². The molecule has 0 aromatic heterocycles. The summed E-state index contributed by atoms with van der Waals surface area (Å²) in [6, 6.07) is 8.24. The summed E-state index contributed by atoms with van der Waals surface area (Å²) in [5.41, 5.74) is 7.33. The van der Waals surface area contributed by atoms with Crippen LogP contribution in [0.25, 0.3) is 0 Å². The van der Waals surface area contributed by atoms with E-state index in [0.717, 1.165) is 60.8 Å². The first-order valence-corrected chi connectivity index (χ1v) is 11.0. The van der Waals surface area contributed by atoms with Gasteiger partial charge in [-0.3, -0.25) is 0 Å². The highest BCUT2D eigenvalue weighted by molar-refractivity contribution is 6.05. The molecule has 3 heteroatoms. The maximum Gasteiger partial charge on any atom is 0.346 e. The smallest absolute Gasteiger partial charge is 0.346 e. The van der Waals surface area contributed by atoms with E-state index in [1.165, 1.54) is 11.1 Å². The van der Waals surface area contributed by atoms with E-state index in [9.17, 15) is 9.59 Å². The zero-order valence-corrected chi connectivity index (χ0v) is 18.8. The first-order valence-electron chi connectivity index (χ1n) is 11.0. The Morgan fingerprint density at radius 2 is 0.828 bits per heavy atom. The monoisotopic (exact) mass is 394 g/mol. The Hall–Kier alpha value is -2.42. The molecule has 0 fully saturated rings. The van der Waals surface area contributed by atoms with Crippen molar-refractivity contribution in [3.63, 3.8) is 0 Å². The van der Waals surface area contributed by atoms with E-state index in [1.807, 2.05) is 27.7 Å². The second-order valence-electron chi connectivity index (χ2n) is 7.38. The summed E-state index contributed by atoms with van der Waals surface area (Å²) in [4.78, 5) is 26.1. The van der Waals surface area contributed by atoms with Crippen molar-refractivity contribution in [3.05, 3.63) is 68.8 Å². The van der Waals surface area contributed by atoms with Crippen LogP contribution in [0.3, 0.4) is 0 Å². The van der Waals surface area contributed by atoms with Gasteiger partial charge in [-0.1, -0.05) is 65.8 Å². The maximum absolute atomic E-state index is 13.1. The highest BCUT2D eigenvalue weighted by Gasteiger charge is 2.24. The van der Waals surface area contributed by atoms with Crippen LogP contribution in [0.5, 0.6) is 0 Å². The summed E-state index contributed by atoms with van der Waals surface area (Å²) in [6.07, 6.45) is 4.74. The van der Waals surface area contributed by atoms with E-state index in [-0.39, 0.29) is 0 Å². The largest absolute Gasteiger partial charge is 0.386 e. The molecule has 0 unspecified atom stereocenters. The van der Waals surface area contributed by atoms with E-state index in [0.29, 0.717) is 11.1 Å². The fourth-order valence-electron chi connectivity index (χ4n) is 3.91.